The van der Waals surface area contributed by atoms with Gasteiger partial charge in [0.15, 0.2) is 11.6 Å². The maximum atomic E-state index is 14.2. The Hall–Kier alpha value is -4.65. The average Bonchev–Trinajstić information content (AvgIpc) is 2.92. The monoisotopic (exact) mass is 632 g/mol. The molecule has 0 aliphatic heterocycles. The zero-order valence-corrected chi connectivity index (χ0v) is 25.3. The molecule has 0 radical (unpaired) electrons. The van der Waals surface area contributed by atoms with E-state index >= 15 is 0 Å². The molecule has 0 saturated heterocycles. The molecule has 2 amide bonds. The summed E-state index contributed by atoms with van der Waals surface area (Å²) in [6.45, 7) is 9.56. The van der Waals surface area contributed by atoms with E-state index in [1.807, 2.05) is 0 Å². The van der Waals surface area contributed by atoms with Crippen molar-refractivity contribution in [3.63, 3.8) is 0 Å². The van der Waals surface area contributed by atoms with E-state index in [1.165, 1.54) is 25.3 Å². The summed E-state index contributed by atoms with van der Waals surface area (Å²) in [5.41, 5.74) is -1.08. The van der Waals surface area contributed by atoms with Crippen LogP contribution in [0.5, 0.6) is 0 Å². The Morgan fingerprint density at radius 3 is 2.41 bits per heavy atom. The predicted octanol–water partition coefficient (Wildman–Crippen LogP) is 6.81. The number of amides is 2. The van der Waals surface area contributed by atoms with Crippen molar-refractivity contribution in [1.82, 2.24) is 15.3 Å². The van der Waals surface area contributed by atoms with Crippen LogP contribution in [0.4, 0.5) is 46.8 Å². The van der Waals surface area contributed by atoms with Crippen molar-refractivity contribution >= 4 is 58.2 Å². The maximum Gasteiger partial charge on any atom is 0.418 e. The van der Waals surface area contributed by atoms with Gasteiger partial charge in [-0.3, -0.25) is 9.59 Å². The second-order valence-corrected chi connectivity index (χ2v) is 10.9. The molecule has 0 aliphatic rings. The molecule has 1 heterocycles. The van der Waals surface area contributed by atoms with Crippen LogP contribution in [-0.4, -0.2) is 46.4 Å². The van der Waals surface area contributed by atoms with Gasteiger partial charge in [0.2, 0.25) is 11.9 Å². The fourth-order valence-corrected chi connectivity index (χ4v) is 4.05. The molecule has 10 nitrogen and oxygen atoms in total. The number of nitrogens with one attached hydrogen (secondary N) is 3. The van der Waals surface area contributed by atoms with Gasteiger partial charge in [-0.05, 0) is 56.7 Å². The SMILES string of the molecule is C=CC(=O)Cc1ccccc1Nc1nc(Nc2ccc(N(CCNC(=O)OC(C)(C)C)C(C)=O)cc2C(F)(F)F)ncc1Cl. The molecule has 1 aromatic heterocycles. The summed E-state index contributed by atoms with van der Waals surface area (Å²) in [6, 6.07) is 10.2. The van der Waals surface area contributed by atoms with E-state index in [0.29, 0.717) is 11.3 Å². The number of carbonyl (C=O) groups excluding carboxylic acids is 3. The highest BCUT2D eigenvalue weighted by atomic mass is 35.5. The van der Waals surface area contributed by atoms with E-state index in [2.05, 4.69) is 32.5 Å². The summed E-state index contributed by atoms with van der Waals surface area (Å²) in [5, 5.41) is 8.15. The summed E-state index contributed by atoms with van der Waals surface area (Å²) in [7, 11) is 0. The van der Waals surface area contributed by atoms with Crippen LogP contribution in [0.1, 0.15) is 38.8 Å². The summed E-state index contributed by atoms with van der Waals surface area (Å²) in [5.74, 6) is -0.842. The molecule has 14 heteroatoms. The quantitative estimate of drug-likeness (QED) is 0.197. The highest BCUT2D eigenvalue weighted by Gasteiger charge is 2.35. The van der Waals surface area contributed by atoms with Gasteiger partial charge in [0, 0.05) is 37.8 Å². The highest BCUT2D eigenvalue weighted by Crippen LogP contribution is 2.38. The van der Waals surface area contributed by atoms with Gasteiger partial charge in [0.1, 0.15) is 10.6 Å². The number of anilines is 5. The minimum absolute atomic E-state index is 0.0357. The number of ketones is 1. The number of para-hydroxylation sites is 1. The standard InChI is InChI=1S/C30H32ClF3N6O4/c1-6-21(42)15-19-9-7-8-10-24(19)37-26-23(31)17-36-27(39-26)38-25-12-11-20(16-22(25)30(32,33)34)40(18(2)41)14-13-35-28(43)44-29(3,4)5/h6-12,16-17H,1,13-15H2,2-5H3,(H,35,43)(H2,36,37,38,39). The number of carbonyl (C=O) groups is 3. The maximum absolute atomic E-state index is 14.2. The van der Waals surface area contributed by atoms with E-state index in [-0.39, 0.29) is 53.5 Å². The molecule has 44 heavy (non-hydrogen) atoms. The second-order valence-electron chi connectivity index (χ2n) is 10.5. The van der Waals surface area contributed by atoms with Crippen LogP contribution in [-0.2, 0) is 26.9 Å². The number of benzene rings is 2. The minimum Gasteiger partial charge on any atom is -0.444 e. The molecule has 0 spiro atoms. The molecule has 234 valence electrons. The molecule has 0 bridgehead atoms. The van der Waals surface area contributed by atoms with Gasteiger partial charge in [-0.25, -0.2) is 9.78 Å². The molecule has 3 rings (SSSR count). The van der Waals surface area contributed by atoms with Crippen molar-refractivity contribution < 1.29 is 32.3 Å². The van der Waals surface area contributed by atoms with Gasteiger partial charge in [-0.15, -0.1) is 0 Å². The third-order valence-electron chi connectivity index (χ3n) is 5.86. The van der Waals surface area contributed by atoms with Crippen LogP contribution in [0.3, 0.4) is 0 Å². The van der Waals surface area contributed by atoms with Crippen LogP contribution in [0.2, 0.25) is 5.02 Å². The van der Waals surface area contributed by atoms with Crippen LogP contribution < -0.4 is 20.9 Å². The first kappa shape index (κ1) is 33.8. The number of nitrogens with zero attached hydrogens (tertiary/aromatic N) is 3. The van der Waals surface area contributed by atoms with Gasteiger partial charge in [-0.2, -0.15) is 18.2 Å². The molecule has 0 saturated carbocycles. The summed E-state index contributed by atoms with van der Waals surface area (Å²) < 4.78 is 47.7. The molecule has 0 unspecified atom stereocenters. The fourth-order valence-electron chi connectivity index (χ4n) is 3.92. The van der Waals surface area contributed by atoms with Crippen molar-refractivity contribution in [3.8, 4) is 0 Å². The zero-order valence-electron chi connectivity index (χ0n) is 24.5. The minimum atomic E-state index is -4.82. The number of halogens is 4. The Morgan fingerprint density at radius 2 is 1.77 bits per heavy atom. The number of rotatable bonds is 11. The fraction of sp³-hybridized carbons (Fsp3) is 0.300. The topological polar surface area (TPSA) is 126 Å². The van der Waals surface area contributed by atoms with Crippen LogP contribution in [0.15, 0.2) is 61.3 Å². The first-order valence-electron chi connectivity index (χ1n) is 13.3. The lowest BCUT2D eigenvalue weighted by Crippen LogP contribution is -2.39. The first-order valence-corrected chi connectivity index (χ1v) is 13.7. The molecule has 2 aromatic carbocycles. The normalized spacial score (nSPS) is 11.4. The Bertz CT molecular complexity index is 1540. The first-order chi connectivity index (χ1) is 20.6. The number of hydrogen-bond acceptors (Lipinski definition) is 8. The van der Waals surface area contributed by atoms with E-state index in [0.717, 1.165) is 17.0 Å². The Kier molecular flexibility index (Phi) is 10.9. The third-order valence-corrected chi connectivity index (χ3v) is 6.13. The van der Waals surface area contributed by atoms with E-state index < -0.39 is 29.3 Å². The lowest BCUT2D eigenvalue weighted by molar-refractivity contribution is -0.137. The van der Waals surface area contributed by atoms with Gasteiger partial charge in [-0.1, -0.05) is 36.4 Å². The number of allylic oxidation sites excluding steroid dienone is 1. The van der Waals surface area contributed by atoms with Gasteiger partial charge in [0.05, 0.1) is 17.4 Å². The lowest BCUT2D eigenvalue weighted by Gasteiger charge is -2.24. The smallest absolute Gasteiger partial charge is 0.418 e. The molecule has 3 aromatic rings. The van der Waals surface area contributed by atoms with Gasteiger partial charge in [0.25, 0.3) is 0 Å². The number of ether oxygens (including phenoxy) is 1. The number of aromatic nitrogens is 2. The number of hydrogen-bond donors (Lipinski definition) is 3. The van der Waals surface area contributed by atoms with E-state index in [4.69, 9.17) is 16.3 Å². The van der Waals surface area contributed by atoms with Gasteiger partial charge < -0.3 is 25.6 Å². The molecule has 0 fully saturated rings. The highest BCUT2D eigenvalue weighted by molar-refractivity contribution is 6.33. The van der Waals surface area contributed by atoms with Crippen LogP contribution in [0.25, 0.3) is 0 Å². The Morgan fingerprint density at radius 1 is 1.07 bits per heavy atom. The predicted molar refractivity (Wildman–Crippen MR) is 163 cm³/mol. The van der Waals surface area contributed by atoms with E-state index in [1.54, 1.807) is 45.0 Å². The Balaban J connectivity index is 1.86. The van der Waals surface area contributed by atoms with Crippen molar-refractivity contribution in [2.75, 3.05) is 28.6 Å². The number of alkyl halides is 3. The van der Waals surface area contributed by atoms with Crippen LogP contribution in [0, 0.1) is 0 Å². The Labute approximate surface area is 257 Å². The van der Waals surface area contributed by atoms with Crippen molar-refractivity contribution in [3.05, 3.63) is 77.5 Å². The molecule has 0 atom stereocenters. The second kappa shape index (κ2) is 14.2. The van der Waals surface area contributed by atoms with E-state index in [9.17, 15) is 27.6 Å². The van der Waals surface area contributed by atoms with Gasteiger partial charge >= 0.3 is 12.3 Å². The lowest BCUT2D eigenvalue weighted by atomic mass is 10.1. The van der Waals surface area contributed by atoms with Crippen molar-refractivity contribution in [2.24, 2.45) is 0 Å². The molecule has 0 aliphatic carbocycles. The summed E-state index contributed by atoms with van der Waals surface area (Å²) in [4.78, 5) is 45.5. The average molecular weight is 633 g/mol. The third kappa shape index (κ3) is 9.69. The largest absolute Gasteiger partial charge is 0.444 e. The van der Waals surface area contributed by atoms with Crippen LogP contribution >= 0.6 is 11.6 Å². The summed E-state index contributed by atoms with van der Waals surface area (Å²) >= 11 is 6.27. The summed E-state index contributed by atoms with van der Waals surface area (Å²) in [6.07, 6.45) is -3.05. The van der Waals surface area contributed by atoms with Crippen molar-refractivity contribution in [1.29, 1.82) is 0 Å². The number of alkyl carbamates (subject to hydrolysis) is 1. The molecular formula is C30H32ClF3N6O4. The molecule has 3 N–H and O–H groups in total. The zero-order chi connectivity index (χ0) is 32.7. The molecular weight excluding hydrogens is 601 g/mol. The van der Waals surface area contributed by atoms with Crippen molar-refractivity contribution in [2.45, 2.75) is 45.9 Å².